The summed E-state index contributed by atoms with van der Waals surface area (Å²) in [5.41, 5.74) is 0. The van der Waals surface area contributed by atoms with Crippen LogP contribution in [0.2, 0.25) is 0 Å². The van der Waals surface area contributed by atoms with Crippen molar-refractivity contribution >= 4 is 12.4 Å². The summed E-state index contributed by atoms with van der Waals surface area (Å²) in [6.45, 7) is 3.80. The first-order valence-corrected chi connectivity index (χ1v) is 3.87. The smallest absolute Gasteiger partial charge is 0.328 e. The normalized spacial score (nSPS) is 14.6. The maximum absolute atomic E-state index is 11.0. The Balaban J connectivity index is 4.20. The molecule has 0 rings (SSSR count). The van der Waals surface area contributed by atoms with Crippen LogP contribution in [0, 0.1) is 5.92 Å². The Hall–Kier alpha value is -1.06. The van der Waals surface area contributed by atoms with Gasteiger partial charge < -0.3 is 10.1 Å². The van der Waals surface area contributed by atoms with Crippen LogP contribution in [0.15, 0.2) is 0 Å². The van der Waals surface area contributed by atoms with Crippen molar-refractivity contribution in [3.63, 3.8) is 0 Å². The number of hydrogen-bond donors (Lipinski definition) is 1. The van der Waals surface area contributed by atoms with Crippen LogP contribution >= 0.6 is 0 Å². The SMILES string of the molecule is CCC(C)C(N[C]=O)C(=O)OC. The van der Waals surface area contributed by atoms with Gasteiger partial charge in [-0.05, 0) is 5.92 Å². The standard InChI is InChI=1S/C8H14NO3/c1-4-6(2)7(9-5-10)8(11)12-3/h6-7H,4H2,1-3H3,(H,9,10). The summed E-state index contributed by atoms with van der Waals surface area (Å²) in [6, 6.07) is -0.572. The van der Waals surface area contributed by atoms with Crippen molar-refractivity contribution in [2.45, 2.75) is 26.3 Å². The van der Waals surface area contributed by atoms with Gasteiger partial charge in [-0.3, -0.25) is 4.79 Å². The van der Waals surface area contributed by atoms with Crippen molar-refractivity contribution in [3.05, 3.63) is 0 Å². The molecule has 1 N–H and O–H groups in total. The van der Waals surface area contributed by atoms with E-state index in [2.05, 4.69) is 10.1 Å². The van der Waals surface area contributed by atoms with Crippen LogP contribution < -0.4 is 5.32 Å². The average Bonchev–Trinajstić information content (AvgIpc) is 2.11. The van der Waals surface area contributed by atoms with Gasteiger partial charge in [0.1, 0.15) is 6.04 Å². The third-order valence-corrected chi connectivity index (χ3v) is 1.88. The van der Waals surface area contributed by atoms with E-state index in [9.17, 15) is 9.59 Å². The molecule has 12 heavy (non-hydrogen) atoms. The maximum Gasteiger partial charge on any atom is 0.328 e. The highest BCUT2D eigenvalue weighted by Crippen LogP contribution is 2.08. The van der Waals surface area contributed by atoms with Crippen molar-refractivity contribution in [3.8, 4) is 0 Å². The molecule has 0 heterocycles. The lowest BCUT2D eigenvalue weighted by atomic mass is 10.00. The van der Waals surface area contributed by atoms with Gasteiger partial charge in [0.2, 0.25) is 0 Å². The first-order chi connectivity index (χ1) is 5.67. The lowest BCUT2D eigenvalue weighted by Crippen LogP contribution is -2.41. The van der Waals surface area contributed by atoms with Crippen molar-refractivity contribution in [1.82, 2.24) is 5.32 Å². The van der Waals surface area contributed by atoms with Gasteiger partial charge in [-0.15, -0.1) is 0 Å². The summed E-state index contributed by atoms with van der Waals surface area (Å²) in [4.78, 5) is 21.1. The molecule has 0 aromatic rings. The number of hydrogen-bond acceptors (Lipinski definition) is 3. The highest BCUT2D eigenvalue weighted by molar-refractivity contribution is 5.78. The molecule has 4 nitrogen and oxygen atoms in total. The second kappa shape index (κ2) is 5.57. The van der Waals surface area contributed by atoms with Crippen LogP contribution in [0.4, 0.5) is 0 Å². The Morgan fingerprint density at radius 3 is 2.58 bits per heavy atom. The van der Waals surface area contributed by atoms with Crippen LogP contribution in [-0.4, -0.2) is 25.5 Å². The van der Waals surface area contributed by atoms with E-state index in [-0.39, 0.29) is 5.92 Å². The molecule has 0 aromatic carbocycles. The lowest BCUT2D eigenvalue weighted by Gasteiger charge is -2.18. The lowest BCUT2D eigenvalue weighted by molar-refractivity contribution is -0.144. The highest BCUT2D eigenvalue weighted by atomic mass is 16.5. The van der Waals surface area contributed by atoms with Crippen molar-refractivity contribution in [2.75, 3.05) is 7.11 Å². The highest BCUT2D eigenvalue weighted by Gasteiger charge is 2.23. The number of rotatable bonds is 5. The summed E-state index contributed by atoms with van der Waals surface area (Å²) < 4.78 is 4.51. The van der Waals surface area contributed by atoms with E-state index in [0.29, 0.717) is 0 Å². The predicted octanol–water partition coefficient (Wildman–Crippen LogP) is 0.231. The van der Waals surface area contributed by atoms with Gasteiger partial charge in [0, 0.05) is 0 Å². The molecule has 0 bridgehead atoms. The van der Waals surface area contributed by atoms with E-state index in [1.807, 2.05) is 13.8 Å². The zero-order valence-corrected chi connectivity index (χ0v) is 7.59. The molecule has 0 aliphatic heterocycles. The molecule has 69 valence electrons. The van der Waals surface area contributed by atoms with E-state index in [4.69, 9.17) is 0 Å². The van der Waals surface area contributed by atoms with Crippen LogP contribution in [0.25, 0.3) is 0 Å². The average molecular weight is 172 g/mol. The topological polar surface area (TPSA) is 55.4 Å². The zero-order valence-electron chi connectivity index (χ0n) is 7.59. The molecule has 0 aliphatic carbocycles. The minimum atomic E-state index is -0.572. The minimum Gasteiger partial charge on any atom is -0.467 e. The molecule has 0 fully saturated rings. The molecule has 4 heteroatoms. The third-order valence-electron chi connectivity index (χ3n) is 1.88. The van der Waals surface area contributed by atoms with E-state index in [1.165, 1.54) is 13.5 Å². The first-order valence-electron chi connectivity index (χ1n) is 3.87. The summed E-state index contributed by atoms with van der Waals surface area (Å²) in [6.07, 6.45) is 2.30. The van der Waals surface area contributed by atoms with Gasteiger partial charge in [0.25, 0.3) is 0 Å². The molecule has 1 amide bonds. The third kappa shape index (κ3) is 2.90. The second-order valence-corrected chi connectivity index (χ2v) is 2.63. The molecule has 0 aromatic heterocycles. The predicted molar refractivity (Wildman–Crippen MR) is 44.1 cm³/mol. The molecular weight excluding hydrogens is 158 g/mol. The molecule has 1 radical (unpaired) electrons. The van der Waals surface area contributed by atoms with Gasteiger partial charge >= 0.3 is 12.4 Å². The number of carbonyl (C=O) groups excluding carboxylic acids is 2. The Labute approximate surface area is 72.3 Å². The number of esters is 1. The number of ether oxygens (including phenoxy) is 1. The largest absolute Gasteiger partial charge is 0.467 e. The quantitative estimate of drug-likeness (QED) is 0.477. The second-order valence-electron chi connectivity index (χ2n) is 2.63. The summed E-state index contributed by atoms with van der Waals surface area (Å²) >= 11 is 0. The fraction of sp³-hybridized carbons (Fsp3) is 0.750. The Morgan fingerprint density at radius 2 is 2.25 bits per heavy atom. The number of nitrogens with one attached hydrogen (secondary N) is 1. The molecular formula is C8H14NO3. The fourth-order valence-corrected chi connectivity index (χ4v) is 0.860. The van der Waals surface area contributed by atoms with Gasteiger partial charge in [-0.1, -0.05) is 20.3 Å². The monoisotopic (exact) mass is 172 g/mol. The summed E-state index contributed by atoms with van der Waals surface area (Å²) in [7, 11) is 1.30. The molecule has 0 saturated carbocycles. The Kier molecular flexibility index (Phi) is 5.08. The molecule has 2 unspecified atom stereocenters. The van der Waals surface area contributed by atoms with Gasteiger partial charge in [0.05, 0.1) is 7.11 Å². The molecule has 0 saturated heterocycles. The van der Waals surface area contributed by atoms with E-state index >= 15 is 0 Å². The maximum atomic E-state index is 11.0. The van der Waals surface area contributed by atoms with Gasteiger partial charge in [-0.2, -0.15) is 0 Å². The molecule has 0 spiro atoms. The van der Waals surface area contributed by atoms with Gasteiger partial charge in [0.15, 0.2) is 0 Å². The fourth-order valence-electron chi connectivity index (χ4n) is 0.860. The van der Waals surface area contributed by atoms with E-state index < -0.39 is 12.0 Å². The van der Waals surface area contributed by atoms with Crippen LogP contribution in [0.1, 0.15) is 20.3 Å². The summed E-state index contributed by atoms with van der Waals surface area (Å²) in [5.74, 6) is -0.355. The van der Waals surface area contributed by atoms with Crippen molar-refractivity contribution in [2.24, 2.45) is 5.92 Å². The minimum absolute atomic E-state index is 0.0684. The van der Waals surface area contributed by atoms with Crippen molar-refractivity contribution < 1.29 is 14.3 Å². The van der Waals surface area contributed by atoms with E-state index in [1.54, 1.807) is 0 Å². The van der Waals surface area contributed by atoms with Crippen LogP contribution in [0.3, 0.4) is 0 Å². The molecule has 2 atom stereocenters. The Morgan fingerprint density at radius 1 is 1.67 bits per heavy atom. The van der Waals surface area contributed by atoms with Crippen molar-refractivity contribution in [1.29, 1.82) is 0 Å². The first kappa shape index (κ1) is 10.9. The van der Waals surface area contributed by atoms with Gasteiger partial charge in [-0.25, -0.2) is 4.79 Å². The Bertz CT molecular complexity index is 158. The van der Waals surface area contributed by atoms with Crippen LogP contribution in [-0.2, 0) is 14.3 Å². The summed E-state index contributed by atoms with van der Waals surface area (Å²) in [5, 5.41) is 2.30. The van der Waals surface area contributed by atoms with Crippen LogP contribution in [0.5, 0.6) is 0 Å². The molecule has 0 aliphatic rings. The zero-order chi connectivity index (χ0) is 9.56. The number of carbonyl (C=O) groups is 1. The number of amides is 1. The number of methoxy groups -OCH3 is 1. The van der Waals surface area contributed by atoms with E-state index in [0.717, 1.165) is 6.42 Å².